The minimum absolute atomic E-state index is 0.755. The third-order valence-electron chi connectivity index (χ3n) is 1.46. The predicted molar refractivity (Wildman–Crippen MR) is 58.6 cm³/mol. The summed E-state index contributed by atoms with van der Waals surface area (Å²) in [6.07, 6.45) is 6.86. The highest BCUT2D eigenvalue weighted by molar-refractivity contribution is 7.46. The minimum Gasteiger partial charge on any atom is -0.338 e. The Balaban J connectivity index is 4.40. The van der Waals surface area contributed by atoms with Gasteiger partial charge in [-0.15, -0.1) is 0 Å². The molecule has 4 heteroatoms. The third kappa shape index (κ3) is 3.62. The van der Waals surface area contributed by atoms with Gasteiger partial charge in [-0.1, -0.05) is 19.2 Å². The largest absolute Gasteiger partial charge is 0.338 e. The summed E-state index contributed by atoms with van der Waals surface area (Å²) >= 11 is 0. The van der Waals surface area contributed by atoms with Crippen molar-refractivity contribution in [3.05, 3.63) is 37.8 Å². The maximum atomic E-state index is 9.82. The van der Waals surface area contributed by atoms with Gasteiger partial charge in [0.15, 0.2) is 0 Å². The maximum absolute atomic E-state index is 9.82. The Labute approximate surface area is 81.6 Å². The molecule has 74 valence electrons. The molecule has 0 saturated heterocycles. The first-order chi connectivity index (χ1) is 6.21. The van der Waals surface area contributed by atoms with E-state index in [4.69, 9.17) is 0 Å². The molecule has 0 rings (SSSR count). The molecule has 0 aromatic rings. The summed E-state index contributed by atoms with van der Waals surface area (Å²) in [5.74, 6) is 0. The number of rotatable bonds is 6. The molecule has 0 aliphatic rings. The maximum Gasteiger partial charge on any atom is 0.249 e. The zero-order valence-electron chi connectivity index (χ0n) is 8.22. The average Bonchev–Trinajstić information content (AvgIpc) is 2.15. The van der Waals surface area contributed by atoms with Gasteiger partial charge in [-0.2, -0.15) is 0 Å². The number of hydrogen-bond acceptors (Lipinski definition) is 3. The number of allylic oxidation sites excluding steroid dienone is 1. The highest BCUT2D eigenvalue weighted by atomic mass is 31.2. The van der Waals surface area contributed by atoms with Crippen LogP contribution in [0.3, 0.4) is 0 Å². The Bertz CT molecular complexity index is 186. The fourth-order valence-corrected chi connectivity index (χ4v) is 1.88. The molecule has 1 N–H and O–H groups in total. The second kappa shape index (κ2) is 6.70. The molecular formula is C9H17N2OP. The lowest BCUT2D eigenvalue weighted by molar-refractivity contribution is 0.469. The zero-order valence-corrected chi connectivity index (χ0v) is 9.11. The predicted octanol–water partition coefficient (Wildman–Crippen LogP) is 2.65. The first-order valence-electron chi connectivity index (χ1n) is 4.13. The Morgan fingerprint density at radius 2 is 1.92 bits per heavy atom. The van der Waals surface area contributed by atoms with E-state index in [2.05, 4.69) is 13.2 Å². The summed E-state index contributed by atoms with van der Waals surface area (Å²) in [5.41, 5.74) is 0. The van der Waals surface area contributed by atoms with Crippen LogP contribution in [0.5, 0.6) is 0 Å². The number of nitrogens with zero attached hydrogens (tertiary/aromatic N) is 2. The van der Waals surface area contributed by atoms with Gasteiger partial charge >= 0.3 is 0 Å². The lowest BCUT2D eigenvalue weighted by atomic mass is 10.6. The van der Waals surface area contributed by atoms with Gasteiger partial charge in [0, 0.05) is 25.1 Å². The molecule has 0 fully saturated rings. The summed E-state index contributed by atoms with van der Waals surface area (Å²) < 4.78 is 3.43. The SMILES string of the molecule is C=CN(C=C)P(O)N(/C=C\C)CC. The van der Waals surface area contributed by atoms with Crippen LogP contribution in [0.2, 0.25) is 0 Å². The van der Waals surface area contributed by atoms with Gasteiger partial charge in [0.25, 0.3) is 0 Å². The van der Waals surface area contributed by atoms with Crippen molar-refractivity contribution in [2.45, 2.75) is 13.8 Å². The smallest absolute Gasteiger partial charge is 0.249 e. The molecule has 0 heterocycles. The van der Waals surface area contributed by atoms with Crippen molar-refractivity contribution in [1.29, 1.82) is 0 Å². The van der Waals surface area contributed by atoms with Gasteiger partial charge < -0.3 is 9.56 Å². The minimum atomic E-state index is -1.37. The van der Waals surface area contributed by atoms with E-state index in [1.54, 1.807) is 17.1 Å². The third-order valence-corrected chi connectivity index (χ3v) is 3.07. The monoisotopic (exact) mass is 200 g/mol. The van der Waals surface area contributed by atoms with Crippen molar-refractivity contribution >= 4 is 8.45 Å². The molecule has 13 heavy (non-hydrogen) atoms. The van der Waals surface area contributed by atoms with E-state index < -0.39 is 8.45 Å². The molecule has 0 aromatic carbocycles. The molecule has 0 bridgehead atoms. The van der Waals surface area contributed by atoms with Gasteiger partial charge in [0.1, 0.15) is 0 Å². The molecule has 0 aliphatic carbocycles. The molecule has 1 unspecified atom stereocenters. The van der Waals surface area contributed by atoms with Gasteiger partial charge in [-0.05, 0) is 13.8 Å². The first kappa shape index (κ1) is 12.2. The summed E-state index contributed by atoms with van der Waals surface area (Å²) in [6.45, 7) is 11.8. The van der Waals surface area contributed by atoms with Crippen LogP contribution in [-0.2, 0) is 0 Å². The summed E-state index contributed by atoms with van der Waals surface area (Å²) in [4.78, 5) is 9.82. The van der Waals surface area contributed by atoms with Gasteiger partial charge in [0.05, 0.1) is 0 Å². The van der Waals surface area contributed by atoms with E-state index in [9.17, 15) is 4.89 Å². The van der Waals surface area contributed by atoms with Crippen LogP contribution in [-0.4, -0.2) is 20.8 Å². The van der Waals surface area contributed by atoms with Crippen LogP contribution in [0.25, 0.3) is 0 Å². The van der Waals surface area contributed by atoms with Crippen LogP contribution < -0.4 is 0 Å². The van der Waals surface area contributed by atoms with Crippen molar-refractivity contribution < 1.29 is 4.89 Å². The van der Waals surface area contributed by atoms with Crippen molar-refractivity contribution in [2.75, 3.05) is 6.54 Å². The molecule has 0 saturated carbocycles. The van der Waals surface area contributed by atoms with E-state index in [-0.39, 0.29) is 0 Å². The first-order valence-corrected chi connectivity index (χ1v) is 5.33. The van der Waals surface area contributed by atoms with E-state index in [1.165, 1.54) is 0 Å². The zero-order chi connectivity index (χ0) is 10.3. The fourth-order valence-electron chi connectivity index (χ4n) is 0.817. The van der Waals surface area contributed by atoms with Crippen LogP contribution in [0, 0.1) is 0 Å². The molecule has 0 aliphatic heterocycles. The Kier molecular flexibility index (Phi) is 6.29. The van der Waals surface area contributed by atoms with Crippen molar-refractivity contribution in [3.63, 3.8) is 0 Å². The van der Waals surface area contributed by atoms with Crippen molar-refractivity contribution in [2.24, 2.45) is 0 Å². The van der Waals surface area contributed by atoms with Gasteiger partial charge in [0.2, 0.25) is 8.45 Å². The molecule has 0 aromatic heterocycles. The van der Waals surface area contributed by atoms with Crippen molar-refractivity contribution in [1.82, 2.24) is 9.34 Å². The summed E-state index contributed by atoms with van der Waals surface area (Å²) in [7, 11) is -1.37. The summed E-state index contributed by atoms with van der Waals surface area (Å²) in [6, 6.07) is 0. The standard InChI is InChI=1S/C9H17N2OP/c1-5-9-11(8-4)13(12)10(6-2)7-3/h5-7,9,12H,2-3,8H2,1,4H3/b9-5-. The van der Waals surface area contributed by atoms with Crippen LogP contribution in [0.15, 0.2) is 37.8 Å². The van der Waals surface area contributed by atoms with E-state index in [0.29, 0.717) is 0 Å². The van der Waals surface area contributed by atoms with Gasteiger partial charge in [-0.25, -0.2) is 0 Å². The molecule has 1 atom stereocenters. The second-order valence-corrected chi connectivity index (χ2v) is 3.76. The van der Waals surface area contributed by atoms with Crippen LogP contribution >= 0.6 is 8.45 Å². The van der Waals surface area contributed by atoms with Gasteiger partial charge in [-0.3, -0.25) is 4.67 Å². The molecule has 0 amide bonds. The van der Waals surface area contributed by atoms with E-state index in [1.807, 2.05) is 30.8 Å². The molecular weight excluding hydrogens is 183 g/mol. The highest BCUT2D eigenvalue weighted by Crippen LogP contribution is 2.40. The Hall–Kier alpha value is -0.790. The normalized spacial score (nSPS) is 12.5. The molecule has 3 nitrogen and oxygen atoms in total. The molecule has 0 radical (unpaired) electrons. The Morgan fingerprint density at radius 1 is 1.38 bits per heavy atom. The second-order valence-electron chi connectivity index (χ2n) is 2.25. The lowest BCUT2D eigenvalue weighted by Gasteiger charge is -2.29. The summed E-state index contributed by atoms with van der Waals surface area (Å²) in [5, 5.41) is 0. The van der Waals surface area contributed by atoms with E-state index >= 15 is 0 Å². The van der Waals surface area contributed by atoms with Crippen molar-refractivity contribution in [3.8, 4) is 0 Å². The topological polar surface area (TPSA) is 26.7 Å². The lowest BCUT2D eigenvalue weighted by Crippen LogP contribution is -2.17. The quantitative estimate of drug-likeness (QED) is 0.668. The number of hydrogen-bond donors (Lipinski definition) is 1. The highest BCUT2D eigenvalue weighted by Gasteiger charge is 2.14. The average molecular weight is 200 g/mol. The van der Waals surface area contributed by atoms with E-state index in [0.717, 1.165) is 6.54 Å². The fraction of sp³-hybridized carbons (Fsp3) is 0.333. The van der Waals surface area contributed by atoms with Crippen LogP contribution in [0.4, 0.5) is 0 Å². The molecule has 0 spiro atoms. The van der Waals surface area contributed by atoms with Crippen LogP contribution in [0.1, 0.15) is 13.8 Å². The Morgan fingerprint density at radius 3 is 2.23 bits per heavy atom.